The Morgan fingerprint density at radius 3 is 2.76 bits per heavy atom. The van der Waals surface area contributed by atoms with E-state index in [0.29, 0.717) is 38.0 Å². The first kappa shape index (κ1) is 22.4. The van der Waals surface area contributed by atoms with Crippen LogP contribution in [0.2, 0.25) is 0 Å². The van der Waals surface area contributed by atoms with Crippen LogP contribution in [0.15, 0.2) is 35.1 Å². The van der Waals surface area contributed by atoms with Crippen LogP contribution in [0.1, 0.15) is 67.2 Å². The molecule has 2 fully saturated rings. The Hall–Kier alpha value is -2.39. The van der Waals surface area contributed by atoms with Gasteiger partial charge in [-0.05, 0) is 87.8 Å². The van der Waals surface area contributed by atoms with Crippen molar-refractivity contribution in [1.29, 1.82) is 0 Å². The lowest BCUT2D eigenvalue weighted by atomic mass is 9.81. The van der Waals surface area contributed by atoms with Gasteiger partial charge in [0.2, 0.25) is 0 Å². The van der Waals surface area contributed by atoms with E-state index in [9.17, 15) is 9.18 Å². The number of carbonyl (C=O) groups is 1. The smallest absolute Gasteiger partial charge is 0.307 e. The first-order valence-electron chi connectivity index (χ1n) is 11.7. The minimum atomic E-state index is -1.17. The van der Waals surface area contributed by atoms with Crippen LogP contribution in [0.3, 0.4) is 0 Å². The monoisotopic (exact) mass is 474 g/mol. The van der Waals surface area contributed by atoms with Crippen LogP contribution < -0.4 is 5.32 Å². The average Bonchev–Trinajstić information content (AvgIpc) is 3.50. The average molecular weight is 475 g/mol. The second-order valence-corrected chi connectivity index (χ2v) is 10.1. The second-order valence-electron chi connectivity index (χ2n) is 9.31. The summed E-state index contributed by atoms with van der Waals surface area (Å²) >= 11 is 1.37. The molecule has 176 valence electrons. The normalized spacial score (nSPS) is 24.8. The third-order valence-electron chi connectivity index (χ3n) is 7.16. The van der Waals surface area contributed by atoms with E-state index >= 15 is 4.39 Å². The fraction of sp³-hybridized carbons (Fsp3) is 0.542. The summed E-state index contributed by atoms with van der Waals surface area (Å²) in [5.41, 5.74) is -0.0855. The fourth-order valence-corrected chi connectivity index (χ4v) is 6.01. The number of carbonyl (C=O) groups excluding carboxylic acids is 1. The first-order valence-corrected chi connectivity index (χ1v) is 12.4. The Labute approximate surface area is 195 Å². The number of piperidine rings is 1. The van der Waals surface area contributed by atoms with Gasteiger partial charge in [0, 0.05) is 23.9 Å². The number of amides is 1. The number of rotatable bonds is 6. The lowest BCUT2D eigenvalue weighted by Gasteiger charge is -2.37. The maximum Gasteiger partial charge on any atom is 0.307 e. The predicted octanol–water partition coefficient (Wildman–Crippen LogP) is 5.07. The standard InChI is InChI=1S/C24H28F2N4O2S/c25-17-1-2-19-20(15-17)33-29-21(19)16-5-11-30(12-6-16)13-9-24(26)7-3-18(4-8-24)28-22(31)23-27-10-14-32-23/h1-2,10,14-16,18H,3-9,11-13H2,(H,28,31). The van der Waals surface area contributed by atoms with Gasteiger partial charge in [-0.1, -0.05) is 0 Å². The second kappa shape index (κ2) is 9.46. The SMILES string of the molecule is O=C(NC1CCC(F)(CCN2CCC(c3nsc4cc(F)ccc34)CC2)CC1)c1ncco1. The number of fused-ring (bicyclic) bond motifs is 1. The van der Waals surface area contributed by atoms with Crippen molar-refractivity contribution in [1.82, 2.24) is 19.6 Å². The van der Waals surface area contributed by atoms with Crippen molar-refractivity contribution < 1.29 is 18.0 Å². The number of hydrogen-bond donors (Lipinski definition) is 1. The summed E-state index contributed by atoms with van der Waals surface area (Å²) in [6, 6.07) is 4.86. The Kier molecular flexibility index (Phi) is 6.42. The number of oxazole rings is 1. The van der Waals surface area contributed by atoms with Gasteiger partial charge in [0.25, 0.3) is 5.89 Å². The molecule has 6 nitrogen and oxygen atoms in total. The van der Waals surface area contributed by atoms with Crippen molar-refractivity contribution in [3.8, 4) is 0 Å². The largest absolute Gasteiger partial charge is 0.441 e. The number of aromatic nitrogens is 2. The number of benzene rings is 1. The highest BCUT2D eigenvalue weighted by atomic mass is 32.1. The molecule has 5 rings (SSSR count). The van der Waals surface area contributed by atoms with Gasteiger partial charge in [0.05, 0.1) is 16.6 Å². The maximum atomic E-state index is 15.4. The molecule has 1 aliphatic carbocycles. The third-order valence-corrected chi connectivity index (χ3v) is 7.98. The molecule has 2 aliphatic rings. The van der Waals surface area contributed by atoms with Crippen molar-refractivity contribution in [2.75, 3.05) is 19.6 Å². The van der Waals surface area contributed by atoms with E-state index in [2.05, 4.69) is 19.6 Å². The van der Waals surface area contributed by atoms with Crippen LogP contribution in [-0.4, -0.2) is 51.5 Å². The minimum absolute atomic E-state index is 0.0366. The molecular formula is C24H28F2N4O2S. The van der Waals surface area contributed by atoms with Crippen LogP contribution in [0.5, 0.6) is 0 Å². The number of hydrogen-bond acceptors (Lipinski definition) is 6. The quantitative estimate of drug-likeness (QED) is 0.540. The maximum absolute atomic E-state index is 15.4. The summed E-state index contributed by atoms with van der Waals surface area (Å²) in [6.45, 7) is 2.60. The lowest BCUT2D eigenvalue weighted by Crippen LogP contribution is -2.43. The van der Waals surface area contributed by atoms with Crippen LogP contribution in [0, 0.1) is 5.82 Å². The molecule has 2 aromatic heterocycles. The van der Waals surface area contributed by atoms with E-state index in [4.69, 9.17) is 4.42 Å². The van der Waals surface area contributed by atoms with Crippen molar-refractivity contribution in [2.45, 2.75) is 62.6 Å². The van der Waals surface area contributed by atoms with Gasteiger partial charge >= 0.3 is 5.91 Å². The molecule has 0 bridgehead atoms. The molecular weight excluding hydrogens is 446 g/mol. The van der Waals surface area contributed by atoms with Crippen LogP contribution in [0.25, 0.3) is 10.1 Å². The number of alkyl halides is 1. The summed E-state index contributed by atoms with van der Waals surface area (Å²) in [7, 11) is 0. The molecule has 9 heteroatoms. The molecule has 0 atom stereocenters. The molecule has 3 aromatic rings. The molecule has 1 aromatic carbocycles. The summed E-state index contributed by atoms with van der Waals surface area (Å²) in [5.74, 6) is -0.133. The highest BCUT2D eigenvalue weighted by Gasteiger charge is 2.36. The van der Waals surface area contributed by atoms with Gasteiger partial charge in [-0.15, -0.1) is 0 Å². The van der Waals surface area contributed by atoms with Crippen LogP contribution >= 0.6 is 11.5 Å². The van der Waals surface area contributed by atoms with Gasteiger partial charge < -0.3 is 14.6 Å². The predicted molar refractivity (Wildman–Crippen MR) is 123 cm³/mol. The van der Waals surface area contributed by atoms with Crippen molar-refractivity contribution >= 4 is 27.5 Å². The van der Waals surface area contributed by atoms with E-state index < -0.39 is 5.67 Å². The highest BCUT2D eigenvalue weighted by Crippen LogP contribution is 2.37. The zero-order valence-corrected chi connectivity index (χ0v) is 19.3. The lowest BCUT2D eigenvalue weighted by molar-refractivity contribution is 0.0600. The molecule has 1 saturated heterocycles. The van der Waals surface area contributed by atoms with Gasteiger partial charge in [0.1, 0.15) is 17.7 Å². The number of nitrogens with one attached hydrogen (secondary N) is 1. The van der Waals surface area contributed by atoms with E-state index in [1.165, 1.54) is 30.1 Å². The van der Waals surface area contributed by atoms with Crippen LogP contribution in [-0.2, 0) is 0 Å². The number of likely N-dealkylation sites (tertiary alicyclic amines) is 1. The Bertz CT molecular complexity index is 1090. The molecule has 1 amide bonds. The zero-order valence-electron chi connectivity index (χ0n) is 18.4. The Morgan fingerprint density at radius 2 is 2.03 bits per heavy atom. The molecule has 1 saturated carbocycles. The van der Waals surface area contributed by atoms with Crippen molar-refractivity contribution in [3.63, 3.8) is 0 Å². The molecule has 1 N–H and O–H groups in total. The van der Waals surface area contributed by atoms with Crippen molar-refractivity contribution in [3.05, 3.63) is 48.1 Å². The summed E-state index contributed by atoms with van der Waals surface area (Å²) in [4.78, 5) is 18.3. The molecule has 0 spiro atoms. The zero-order chi connectivity index (χ0) is 22.8. The fourth-order valence-electron chi connectivity index (χ4n) is 5.13. The van der Waals surface area contributed by atoms with Gasteiger partial charge in [0.15, 0.2) is 0 Å². The van der Waals surface area contributed by atoms with Crippen molar-refractivity contribution in [2.24, 2.45) is 0 Å². The van der Waals surface area contributed by atoms with E-state index in [1.54, 1.807) is 6.07 Å². The Balaban J connectivity index is 1.07. The molecule has 1 aliphatic heterocycles. The van der Waals surface area contributed by atoms with E-state index in [1.807, 2.05) is 6.07 Å². The molecule has 0 unspecified atom stereocenters. The summed E-state index contributed by atoms with van der Waals surface area (Å²) < 4.78 is 39.4. The topological polar surface area (TPSA) is 71.3 Å². The van der Waals surface area contributed by atoms with Gasteiger partial charge in [-0.25, -0.2) is 13.8 Å². The van der Waals surface area contributed by atoms with E-state index in [0.717, 1.165) is 48.3 Å². The van der Waals surface area contributed by atoms with Gasteiger partial charge in [-0.2, -0.15) is 4.37 Å². The minimum Gasteiger partial charge on any atom is -0.441 e. The van der Waals surface area contributed by atoms with Crippen LogP contribution in [0.4, 0.5) is 8.78 Å². The molecule has 0 radical (unpaired) electrons. The first-order chi connectivity index (χ1) is 16.0. The number of halogens is 2. The Morgan fingerprint density at radius 1 is 1.24 bits per heavy atom. The highest BCUT2D eigenvalue weighted by molar-refractivity contribution is 7.13. The number of nitrogens with zero attached hydrogens (tertiary/aromatic N) is 3. The van der Waals surface area contributed by atoms with Gasteiger partial charge in [-0.3, -0.25) is 4.79 Å². The van der Waals surface area contributed by atoms with E-state index in [-0.39, 0.29) is 23.7 Å². The summed E-state index contributed by atoms with van der Waals surface area (Å²) in [5, 5.41) is 3.96. The molecule has 33 heavy (non-hydrogen) atoms. The third kappa shape index (κ3) is 5.09. The summed E-state index contributed by atoms with van der Waals surface area (Å²) in [6.07, 6.45) is 7.48. The molecule has 3 heterocycles.